The van der Waals surface area contributed by atoms with E-state index >= 15 is 0 Å². The molecule has 0 aliphatic rings. The van der Waals surface area contributed by atoms with Gasteiger partial charge >= 0.3 is 0 Å². The smallest absolute Gasteiger partial charge is 0.253 e. The Bertz CT molecular complexity index is 323. The van der Waals surface area contributed by atoms with Crippen molar-refractivity contribution in [3.05, 3.63) is 23.8 Å². The van der Waals surface area contributed by atoms with E-state index in [0.29, 0.717) is 17.0 Å². The van der Waals surface area contributed by atoms with Crippen molar-refractivity contribution in [2.75, 3.05) is 19.9 Å². The van der Waals surface area contributed by atoms with Crippen molar-refractivity contribution in [3.63, 3.8) is 0 Å². The van der Waals surface area contributed by atoms with Gasteiger partial charge in [0.05, 0.1) is 12.7 Å². The summed E-state index contributed by atoms with van der Waals surface area (Å²) in [6, 6.07) is 4.94. The van der Waals surface area contributed by atoms with E-state index in [1.165, 1.54) is 0 Å². The molecule has 1 aromatic carbocycles. The summed E-state index contributed by atoms with van der Waals surface area (Å²) in [5, 5.41) is 2.50. The van der Waals surface area contributed by atoms with E-state index in [9.17, 15) is 4.79 Å². The van der Waals surface area contributed by atoms with Gasteiger partial charge in [0.1, 0.15) is 5.75 Å². The average Bonchev–Trinajstić information content (AvgIpc) is 2.16. The standard InChI is InChI=1S/C9H12N2O2/c1-11-9(12)7-4-3-6(13-2)5-8(7)10/h3-5H,10H2,1-2H3,(H,11,12). The first kappa shape index (κ1) is 9.38. The highest BCUT2D eigenvalue weighted by molar-refractivity contribution is 5.99. The summed E-state index contributed by atoms with van der Waals surface area (Å²) in [4.78, 5) is 11.2. The Morgan fingerprint density at radius 2 is 2.23 bits per heavy atom. The maximum Gasteiger partial charge on any atom is 0.253 e. The number of carbonyl (C=O) groups is 1. The van der Waals surface area contributed by atoms with E-state index in [4.69, 9.17) is 10.5 Å². The molecule has 0 aromatic heterocycles. The third-order valence-electron chi connectivity index (χ3n) is 1.73. The second-order valence-electron chi connectivity index (χ2n) is 2.53. The van der Waals surface area contributed by atoms with Crippen LogP contribution in [0.15, 0.2) is 18.2 Å². The van der Waals surface area contributed by atoms with Crippen LogP contribution in [0.1, 0.15) is 10.4 Å². The van der Waals surface area contributed by atoms with Gasteiger partial charge in [-0.15, -0.1) is 0 Å². The maximum atomic E-state index is 11.2. The predicted octanol–water partition coefficient (Wildman–Crippen LogP) is 0.637. The number of hydrogen-bond donors (Lipinski definition) is 2. The number of benzene rings is 1. The number of anilines is 1. The van der Waals surface area contributed by atoms with Crippen molar-refractivity contribution in [1.29, 1.82) is 0 Å². The lowest BCUT2D eigenvalue weighted by atomic mass is 10.1. The first-order chi connectivity index (χ1) is 6.19. The van der Waals surface area contributed by atoms with Crippen molar-refractivity contribution in [3.8, 4) is 5.75 Å². The number of nitrogen functional groups attached to an aromatic ring is 1. The van der Waals surface area contributed by atoms with E-state index < -0.39 is 0 Å². The van der Waals surface area contributed by atoms with Crippen LogP contribution in [-0.4, -0.2) is 20.1 Å². The Balaban J connectivity index is 3.05. The van der Waals surface area contributed by atoms with E-state index in [1.807, 2.05) is 0 Å². The molecule has 1 amide bonds. The normalized spacial score (nSPS) is 9.38. The van der Waals surface area contributed by atoms with E-state index in [-0.39, 0.29) is 5.91 Å². The minimum Gasteiger partial charge on any atom is -0.497 e. The molecule has 0 aliphatic heterocycles. The Labute approximate surface area is 76.7 Å². The molecule has 0 saturated heterocycles. The van der Waals surface area contributed by atoms with E-state index in [2.05, 4.69) is 5.32 Å². The third kappa shape index (κ3) is 1.90. The molecule has 0 aliphatic carbocycles. The summed E-state index contributed by atoms with van der Waals surface area (Å²) in [6.07, 6.45) is 0. The largest absolute Gasteiger partial charge is 0.497 e. The van der Waals surface area contributed by atoms with Crippen molar-refractivity contribution in [2.45, 2.75) is 0 Å². The lowest BCUT2D eigenvalue weighted by molar-refractivity contribution is 0.0964. The zero-order valence-electron chi connectivity index (χ0n) is 7.63. The van der Waals surface area contributed by atoms with Crippen LogP contribution in [-0.2, 0) is 0 Å². The molecule has 1 rings (SSSR count). The number of carbonyl (C=O) groups excluding carboxylic acids is 1. The van der Waals surface area contributed by atoms with Crippen molar-refractivity contribution in [2.24, 2.45) is 0 Å². The van der Waals surface area contributed by atoms with Crippen molar-refractivity contribution in [1.82, 2.24) is 5.32 Å². The topological polar surface area (TPSA) is 64.3 Å². The first-order valence-electron chi connectivity index (χ1n) is 3.84. The van der Waals surface area contributed by atoms with E-state index in [0.717, 1.165) is 0 Å². The van der Waals surface area contributed by atoms with Crippen molar-refractivity contribution >= 4 is 11.6 Å². The average molecular weight is 180 g/mol. The van der Waals surface area contributed by atoms with Gasteiger partial charge < -0.3 is 15.8 Å². The highest BCUT2D eigenvalue weighted by Gasteiger charge is 2.07. The van der Waals surface area contributed by atoms with Gasteiger partial charge in [0.25, 0.3) is 5.91 Å². The molecular weight excluding hydrogens is 168 g/mol. The van der Waals surface area contributed by atoms with Crippen LogP contribution in [0.5, 0.6) is 5.75 Å². The molecule has 1 aromatic rings. The highest BCUT2D eigenvalue weighted by Crippen LogP contribution is 2.19. The third-order valence-corrected chi connectivity index (χ3v) is 1.73. The maximum absolute atomic E-state index is 11.2. The Kier molecular flexibility index (Phi) is 2.74. The fourth-order valence-electron chi connectivity index (χ4n) is 1.01. The number of methoxy groups -OCH3 is 1. The molecule has 4 nitrogen and oxygen atoms in total. The number of ether oxygens (including phenoxy) is 1. The molecule has 4 heteroatoms. The van der Waals surface area contributed by atoms with E-state index in [1.54, 1.807) is 32.4 Å². The Morgan fingerprint density at radius 3 is 2.69 bits per heavy atom. The second-order valence-corrected chi connectivity index (χ2v) is 2.53. The SMILES string of the molecule is CNC(=O)c1ccc(OC)cc1N. The predicted molar refractivity (Wildman–Crippen MR) is 50.8 cm³/mol. The summed E-state index contributed by atoms with van der Waals surface area (Å²) >= 11 is 0. The molecule has 70 valence electrons. The number of rotatable bonds is 2. The number of hydrogen-bond acceptors (Lipinski definition) is 3. The van der Waals surface area contributed by atoms with Crippen LogP contribution < -0.4 is 15.8 Å². The second kappa shape index (κ2) is 3.80. The Morgan fingerprint density at radius 1 is 1.54 bits per heavy atom. The number of amides is 1. The van der Waals surface area contributed by atoms with Crippen LogP contribution in [0.3, 0.4) is 0 Å². The zero-order chi connectivity index (χ0) is 9.84. The summed E-state index contributed by atoms with van der Waals surface area (Å²) < 4.78 is 4.95. The van der Waals surface area contributed by atoms with Gasteiger partial charge in [-0.05, 0) is 12.1 Å². The molecule has 0 unspecified atom stereocenters. The lowest BCUT2D eigenvalue weighted by Crippen LogP contribution is -2.19. The molecule has 0 heterocycles. The summed E-state index contributed by atoms with van der Waals surface area (Å²) in [6.45, 7) is 0. The van der Waals surface area contributed by atoms with Crippen LogP contribution in [0.2, 0.25) is 0 Å². The van der Waals surface area contributed by atoms with Gasteiger partial charge in [-0.25, -0.2) is 0 Å². The van der Waals surface area contributed by atoms with Gasteiger partial charge in [0.15, 0.2) is 0 Å². The molecule has 0 bridgehead atoms. The number of nitrogens with one attached hydrogen (secondary N) is 1. The minimum atomic E-state index is -0.194. The number of nitrogens with two attached hydrogens (primary N) is 1. The molecular formula is C9H12N2O2. The van der Waals surface area contributed by atoms with Crippen LogP contribution in [0.4, 0.5) is 5.69 Å². The molecule has 13 heavy (non-hydrogen) atoms. The molecule has 0 fully saturated rings. The molecule has 0 spiro atoms. The van der Waals surface area contributed by atoms with Gasteiger partial charge in [0.2, 0.25) is 0 Å². The molecule has 0 radical (unpaired) electrons. The fraction of sp³-hybridized carbons (Fsp3) is 0.222. The quantitative estimate of drug-likeness (QED) is 0.656. The van der Waals surface area contributed by atoms with Gasteiger partial charge in [-0.3, -0.25) is 4.79 Å². The molecule has 3 N–H and O–H groups in total. The Hall–Kier alpha value is -1.71. The summed E-state index contributed by atoms with van der Waals surface area (Å²) in [7, 11) is 3.11. The monoisotopic (exact) mass is 180 g/mol. The van der Waals surface area contributed by atoms with Crippen LogP contribution in [0, 0.1) is 0 Å². The first-order valence-corrected chi connectivity index (χ1v) is 3.84. The summed E-state index contributed by atoms with van der Waals surface area (Å²) in [5.41, 5.74) is 6.51. The van der Waals surface area contributed by atoms with Crippen LogP contribution >= 0.6 is 0 Å². The molecule has 0 atom stereocenters. The highest BCUT2D eigenvalue weighted by atomic mass is 16.5. The van der Waals surface area contributed by atoms with Crippen LogP contribution in [0.25, 0.3) is 0 Å². The van der Waals surface area contributed by atoms with Gasteiger partial charge in [0, 0.05) is 18.8 Å². The van der Waals surface area contributed by atoms with Gasteiger partial charge in [-0.1, -0.05) is 0 Å². The molecule has 0 saturated carbocycles. The van der Waals surface area contributed by atoms with Gasteiger partial charge in [-0.2, -0.15) is 0 Å². The summed E-state index contributed by atoms with van der Waals surface area (Å²) in [5.74, 6) is 0.449. The zero-order valence-corrected chi connectivity index (χ0v) is 7.63. The van der Waals surface area contributed by atoms with Crippen molar-refractivity contribution < 1.29 is 9.53 Å². The lowest BCUT2D eigenvalue weighted by Gasteiger charge is -2.05. The fourth-order valence-corrected chi connectivity index (χ4v) is 1.01. The minimum absolute atomic E-state index is 0.194.